The predicted octanol–water partition coefficient (Wildman–Crippen LogP) is -0.343. The smallest absolute Gasteiger partial charge is 0.162 e. The first-order chi connectivity index (χ1) is 7.85. The van der Waals surface area contributed by atoms with E-state index in [0.29, 0.717) is 6.04 Å². The van der Waals surface area contributed by atoms with Gasteiger partial charge in [-0.1, -0.05) is 0 Å². The normalized spacial score (nSPS) is 18.6. The topological polar surface area (TPSA) is 41.3 Å². The van der Waals surface area contributed by atoms with E-state index in [9.17, 15) is 0 Å². The lowest BCUT2D eigenvalue weighted by Gasteiger charge is -2.22. The molecule has 4 N–H and O–H groups in total. The van der Waals surface area contributed by atoms with Crippen LogP contribution in [0.2, 0.25) is 0 Å². The Hall–Kier alpha value is -1.06. The Bertz CT molecular complexity index is 317. The van der Waals surface area contributed by atoms with Gasteiger partial charge in [0.05, 0.1) is 20.2 Å². The van der Waals surface area contributed by atoms with Gasteiger partial charge in [-0.3, -0.25) is 0 Å². The van der Waals surface area contributed by atoms with Crippen LogP contribution < -0.4 is 15.4 Å². The number of benzene rings is 1. The summed E-state index contributed by atoms with van der Waals surface area (Å²) in [5.74, 6) is 0.933. The maximum atomic E-state index is 5.19. The van der Waals surface area contributed by atoms with Crippen molar-refractivity contribution in [3.63, 3.8) is 0 Å². The Morgan fingerprint density at radius 2 is 1.88 bits per heavy atom. The molecule has 0 unspecified atom stereocenters. The minimum absolute atomic E-state index is 0.563. The van der Waals surface area contributed by atoms with E-state index in [1.54, 1.807) is 12.0 Å². The molecule has 1 aromatic carbocycles. The highest BCUT2D eigenvalue weighted by atomic mass is 16.5. The molecule has 16 heavy (non-hydrogen) atoms. The summed E-state index contributed by atoms with van der Waals surface area (Å²) in [5.41, 5.74) is 5.49. The molecule has 0 amide bonds. The predicted molar refractivity (Wildman–Crippen MR) is 63.4 cm³/mol. The molecule has 88 valence electrons. The van der Waals surface area contributed by atoms with Crippen molar-refractivity contribution in [2.24, 2.45) is 0 Å². The van der Waals surface area contributed by atoms with E-state index in [-0.39, 0.29) is 0 Å². The average Bonchev–Trinajstić information content (AvgIpc) is 2.85. The zero-order valence-electron chi connectivity index (χ0n) is 10.0. The Kier molecular flexibility index (Phi) is 3.80. The summed E-state index contributed by atoms with van der Waals surface area (Å²) in [5, 5.41) is 0. The summed E-state index contributed by atoms with van der Waals surface area (Å²) < 4.78 is 5.19. The molecule has 1 heterocycles. The molecule has 1 aliphatic rings. The first kappa shape index (κ1) is 11.4. The molecule has 1 saturated heterocycles. The van der Waals surface area contributed by atoms with Gasteiger partial charge in [-0.25, -0.2) is 0 Å². The number of methoxy groups -OCH3 is 1. The second kappa shape index (κ2) is 5.32. The molecule has 1 aliphatic heterocycles. The number of hydrogen-bond acceptors (Lipinski definition) is 1. The Morgan fingerprint density at radius 3 is 2.38 bits per heavy atom. The lowest BCUT2D eigenvalue weighted by atomic mass is 10.1. The van der Waals surface area contributed by atoms with Crippen LogP contribution in [0, 0.1) is 0 Å². The van der Waals surface area contributed by atoms with Gasteiger partial charge in [0.2, 0.25) is 0 Å². The van der Waals surface area contributed by atoms with Gasteiger partial charge in [-0.2, -0.15) is 0 Å². The molecule has 1 aromatic rings. The molecule has 3 nitrogen and oxygen atoms in total. The second-order valence-corrected chi connectivity index (χ2v) is 4.48. The SMILES string of the molecule is COc1ccc([C@@H](C[NH3+])[NH+]2CCCC2)cc1. The highest BCUT2D eigenvalue weighted by Crippen LogP contribution is 2.15. The van der Waals surface area contributed by atoms with Crippen molar-refractivity contribution in [2.45, 2.75) is 18.9 Å². The summed E-state index contributed by atoms with van der Waals surface area (Å²) in [6.45, 7) is 3.57. The molecule has 0 aliphatic carbocycles. The fourth-order valence-corrected chi connectivity index (χ4v) is 2.62. The number of likely N-dealkylation sites (tertiary alicyclic amines) is 1. The van der Waals surface area contributed by atoms with Crippen molar-refractivity contribution in [1.29, 1.82) is 0 Å². The summed E-state index contributed by atoms with van der Waals surface area (Å²) in [6, 6.07) is 9.02. The van der Waals surface area contributed by atoms with Crippen molar-refractivity contribution in [2.75, 3.05) is 26.7 Å². The van der Waals surface area contributed by atoms with Gasteiger partial charge in [-0.05, 0) is 24.3 Å². The third-order valence-electron chi connectivity index (χ3n) is 3.55. The molecular weight excluding hydrogens is 200 g/mol. The molecule has 1 atom stereocenters. The van der Waals surface area contributed by atoms with Crippen LogP contribution in [-0.2, 0) is 0 Å². The van der Waals surface area contributed by atoms with Crippen LogP contribution >= 0.6 is 0 Å². The molecular formula is C13H22N2O+2. The van der Waals surface area contributed by atoms with Crippen molar-refractivity contribution in [1.82, 2.24) is 0 Å². The minimum Gasteiger partial charge on any atom is -0.497 e. The van der Waals surface area contributed by atoms with E-state index >= 15 is 0 Å². The molecule has 0 radical (unpaired) electrons. The minimum atomic E-state index is 0.563. The van der Waals surface area contributed by atoms with Gasteiger partial charge in [0, 0.05) is 18.4 Å². The molecule has 1 fully saturated rings. The number of rotatable bonds is 4. The van der Waals surface area contributed by atoms with Crippen molar-refractivity contribution >= 4 is 0 Å². The lowest BCUT2D eigenvalue weighted by Crippen LogP contribution is -3.11. The van der Waals surface area contributed by atoms with E-state index in [2.05, 4.69) is 17.9 Å². The maximum absolute atomic E-state index is 5.19. The molecule has 2 rings (SSSR count). The van der Waals surface area contributed by atoms with E-state index in [0.717, 1.165) is 12.3 Å². The van der Waals surface area contributed by atoms with E-state index in [1.807, 2.05) is 12.1 Å². The van der Waals surface area contributed by atoms with Crippen LogP contribution in [0.15, 0.2) is 24.3 Å². The van der Waals surface area contributed by atoms with Gasteiger partial charge in [0.25, 0.3) is 0 Å². The fraction of sp³-hybridized carbons (Fsp3) is 0.538. The van der Waals surface area contributed by atoms with Crippen molar-refractivity contribution in [3.05, 3.63) is 29.8 Å². The van der Waals surface area contributed by atoms with Gasteiger partial charge >= 0.3 is 0 Å². The summed E-state index contributed by atoms with van der Waals surface area (Å²) >= 11 is 0. The molecule has 0 aromatic heterocycles. The Labute approximate surface area is 97.2 Å². The number of quaternary nitrogens is 2. The third kappa shape index (κ3) is 2.36. The Balaban J connectivity index is 2.12. The number of hydrogen-bond donors (Lipinski definition) is 2. The molecule has 0 saturated carbocycles. The standard InChI is InChI=1S/C13H20N2O/c1-16-12-6-4-11(5-7-12)13(10-14)15-8-2-3-9-15/h4-7,13H,2-3,8-10,14H2,1H3/p+2/t13-/m1/s1. The number of nitrogens with one attached hydrogen (secondary N) is 1. The monoisotopic (exact) mass is 222 g/mol. The third-order valence-corrected chi connectivity index (χ3v) is 3.55. The first-order valence-electron chi connectivity index (χ1n) is 6.13. The summed E-state index contributed by atoms with van der Waals surface area (Å²) in [6.07, 6.45) is 2.73. The van der Waals surface area contributed by atoms with Crippen LogP contribution in [0.3, 0.4) is 0 Å². The zero-order chi connectivity index (χ0) is 11.4. The van der Waals surface area contributed by atoms with Crippen LogP contribution in [0.1, 0.15) is 24.4 Å². The molecule has 0 spiro atoms. The first-order valence-corrected chi connectivity index (χ1v) is 6.13. The summed E-state index contributed by atoms with van der Waals surface area (Å²) in [7, 11) is 1.71. The second-order valence-electron chi connectivity index (χ2n) is 4.48. The van der Waals surface area contributed by atoms with Gasteiger partial charge < -0.3 is 15.4 Å². The summed E-state index contributed by atoms with van der Waals surface area (Å²) in [4.78, 5) is 1.69. The highest BCUT2D eigenvalue weighted by molar-refractivity contribution is 5.28. The van der Waals surface area contributed by atoms with Crippen LogP contribution in [0.5, 0.6) is 5.75 Å². The van der Waals surface area contributed by atoms with E-state index in [1.165, 1.54) is 31.5 Å². The maximum Gasteiger partial charge on any atom is 0.162 e. The van der Waals surface area contributed by atoms with Crippen molar-refractivity contribution in [3.8, 4) is 5.75 Å². The van der Waals surface area contributed by atoms with Gasteiger partial charge in [-0.15, -0.1) is 0 Å². The van der Waals surface area contributed by atoms with Crippen molar-refractivity contribution < 1.29 is 15.4 Å². The zero-order valence-corrected chi connectivity index (χ0v) is 10.0. The van der Waals surface area contributed by atoms with E-state index in [4.69, 9.17) is 4.74 Å². The van der Waals surface area contributed by atoms with E-state index < -0.39 is 0 Å². The fourth-order valence-electron chi connectivity index (χ4n) is 2.62. The average molecular weight is 222 g/mol. The van der Waals surface area contributed by atoms with Gasteiger partial charge in [0.15, 0.2) is 6.04 Å². The molecule has 0 bridgehead atoms. The van der Waals surface area contributed by atoms with Crippen LogP contribution in [0.25, 0.3) is 0 Å². The quantitative estimate of drug-likeness (QED) is 0.719. The lowest BCUT2D eigenvalue weighted by molar-refractivity contribution is -0.926. The van der Waals surface area contributed by atoms with Crippen LogP contribution in [-0.4, -0.2) is 26.7 Å². The van der Waals surface area contributed by atoms with Crippen LogP contribution in [0.4, 0.5) is 0 Å². The highest BCUT2D eigenvalue weighted by Gasteiger charge is 2.27. The Morgan fingerprint density at radius 1 is 1.25 bits per heavy atom. The largest absolute Gasteiger partial charge is 0.497 e. The van der Waals surface area contributed by atoms with Gasteiger partial charge in [0.1, 0.15) is 12.3 Å². The molecule has 3 heteroatoms. The number of ether oxygens (including phenoxy) is 1.